The highest BCUT2D eigenvalue weighted by molar-refractivity contribution is 5.97. The van der Waals surface area contributed by atoms with E-state index in [0.717, 1.165) is 22.4 Å². The predicted octanol–water partition coefficient (Wildman–Crippen LogP) is 3.77. The zero-order valence-corrected chi connectivity index (χ0v) is 14.0. The van der Waals surface area contributed by atoms with Crippen LogP contribution in [0.4, 0.5) is 10.1 Å². The Morgan fingerprint density at radius 2 is 1.96 bits per heavy atom. The molecule has 1 heterocycles. The van der Waals surface area contributed by atoms with Crippen molar-refractivity contribution in [1.29, 1.82) is 0 Å². The lowest BCUT2D eigenvalue weighted by Gasteiger charge is -2.27. The van der Waals surface area contributed by atoms with Gasteiger partial charge in [-0.1, -0.05) is 12.1 Å². The molecule has 0 unspecified atom stereocenters. The van der Waals surface area contributed by atoms with E-state index in [1.807, 2.05) is 32.0 Å². The molecule has 0 atom stereocenters. The van der Waals surface area contributed by atoms with Gasteiger partial charge in [0.15, 0.2) is 0 Å². The van der Waals surface area contributed by atoms with Gasteiger partial charge in [0.2, 0.25) is 0 Å². The van der Waals surface area contributed by atoms with Gasteiger partial charge in [-0.25, -0.2) is 4.39 Å². The lowest BCUT2D eigenvalue weighted by Crippen LogP contribution is -2.38. The van der Waals surface area contributed by atoms with Gasteiger partial charge in [0.05, 0.1) is 19.4 Å². The van der Waals surface area contributed by atoms with E-state index >= 15 is 0 Å². The lowest BCUT2D eigenvalue weighted by atomic mass is 10.0. The summed E-state index contributed by atoms with van der Waals surface area (Å²) >= 11 is 0. The molecule has 0 fully saturated rings. The second-order valence-electron chi connectivity index (χ2n) is 6.04. The van der Waals surface area contributed by atoms with E-state index in [1.54, 1.807) is 11.0 Å². The molecule has 0 aliphatic carbocycles. The molecule has 5 heteroatoms. The Balaban J connectivity index is 2.14. The summed E-state index contributed by atoms with van der Waals surface area (Å²) in [6, 6.07) is 10.3. The molecule has 0 spiro atoms. The Bertz CT molecular complexity index is 773. The van der Waals surface area contributed by atoms with Crippen LogP contribution in [0.5, 0.6) is 5.75 Å². The number of amides is 1. The van der Waals surface area contributed by atoms with Crippen LogP contribution < -0.4 is 9.64 Å². The van der Waals surface area contributed by atoms with Crippen molar-refractivity contribution in [2.75, 3.05) is 18.6 Å². The molecule has 0 radical (unpaired) electrons. The van der Waals surface area contributed by atoms with Crippen LogP contribution in [-0.2, 0) is 16.1 Å². The summed E-state index contributed by atoms with van der Waals surface area (Å²) in [7, 11) is 1.51. The molecule has 1 aliphatic heterocycles. The van der Waals surface area contributed by atoms with Gasteiger partial charge in [-0.15, -0.1) is 0 Å². The monoisotopic (exact) mass is 329 g/mol. The minimum Gasteiger partial charge on any atom is -0.496 e. The van der Waals surface area contributed by atoms with Crippen LogP contribution in [0.15, 0.2) is 36.4 Å². The molecule has 3 rings (SSSR count). The van der Waals surface area contributed by atoms with Crippen LogP contribution >= 0.6 is 0 Å². The summed E-state index contributed by atoms with van der Waals surface area (Å²) in [5, 5.41) is 0. The fourth-order valence-electron chi connectivity index (χ4n) is 3.00. The number of hydrogen-bond donors (Lipinski definition) is 0. The van der Waals surface area contributed by atoms with E-state index in [9.17, 15) is 9.18 Å². The summed E-state index contributed by atoms with van der Waals surface area (Å²) in [6.07, 6.45) is 0. The van der Waals surface area contributed by atoms with E-state index in [1.165, 1.54) is 19.2 Å². The average molecular weight is 329 g/mol. The molecule has 0 saturated carbocycles. The third-order valence-corrected chi connectivity index (χ3v) is 4.09. The molecule has 4 nitrogen and oxygen atoms in total. The summed E-state index contributed by atoms with van der Waals surface area (Å²) in [5.74, 6) is 0.0481. The normalized spacial score (nSPS) is 14.5. The molecular weight excluding hydrogens is 309 g/mol. The van der Waals surface area contributed by atoms with Gasteiger partial charge in [-0.05, 0) is 37.6 Å². The number of ether oxygens (including phenoxy) is 2. The largest absolute Gasteiger partial charge is 0.496 e. The average Bonchev–Trinajstić information content (AvgIpc) is 2.72. The van der Waals surface area contributed by atoms with Gasteiger partial charge >= 0.3 is 0 Å². The van der Waals surface area contributed by atoms with E-state index in [2.05, 4.69) is 0 Å². The predicted molar refractivity (Wildman–Crippen MR) is 90.7 cm³/mol. The number of nitrogens with zero attached hydrogens (tertiary/aromatic N) is 1. The van der Waals surface area contributed by atoms with Crippen molar-refractivity contribution in [3.05, 3.63) is 47.8 Å². The van der Waals surface area contributed by atoms with Crippen molar-refractivity contribution in [3.63, 3.8) is 0 Å². The number of fused-ring (bicyclic) bond motifs is 1. The molecule has 0 N–H and O–H groups in total. The molecule has 24 heavy (non-hydrogen) atoms. The Labute approximate surface area is 140 Å². The SMILES string of the molecule is COc1cc(F)ccc1-c1ccc2c(c1)N(C(C)C)C(=O)COC2. The maximum absolute atomic E-state index is 13.4. The molecule has 126 valence electrons. The Morgan fingerprint density at radius 1 is 1.17 bits per heavy atom. The standard InChI is InChI=1S/C19H20FNO3/c1-12(2)21-17-8-13(4-5-14(17)10-24-11-19(21)22)16-7-6-15(20)9-18(16)23-3/h4-9,12H,10-11H2,1-3H3. The van der Waals surface area contributed by atoms with Gasteiger partial charge in [0, 0.05) is 23.2 Å². The molecule has 0 aromatic heterocycles. The van der Waals surface area contributed by atoms with Gasteiger partial charge in [0.25, 0.3) is 5.91 Å². The van der Waals surface area contributed by atoms with Gasteiger partial charge in [-0.2, -0.15) is 0 Å². The van der Waals surface area contributed by atoms with Gasteiger partial charge in [0.1, 0.15) is 18.2 Å². The van der Waals surface area contributed by atoms with Crippen LogP contribution in [0.25, 0.3) is 11.1 Å². The van der Waals surface area contributed by atoms with Gasteiger partial charge < -0.3 is 14.4 Å². The Morgan fingerprint density at radius 3 is 2.67 bits per heavy atom. The first kappa shape index (κ1) is 16.5. The first-order valence-corrected chi connectivity index (χ1v) is 7.88. The van der Waals surface area contributed by atoms with Crippen molar-refractivity contribution in [3.8, 4) is 16.9 Å². The number of methoxy groups -OCH3 is 1. The Kier molecular flexibility index (Phi) is 4.53. The first-order chi connectivity index (χ1) is 11.5. The highest BCUT2D eigenvalue weighted by Gasteiger charge is 2.25. The van der Waals surface area contributed by atoms with Crippen molar-refractivity contribution >= 4 is 11.6 Å². The number of rotatable bonds is 3. The van der Waals surface area contributed by atoms with Crippen LogP contribution in [0.2, 0.25) is 0 Å². The zero-order chi connectivity index (χ0) is 17.3. The van der Waals surface area contributed by atoms with Crippen molar-refractivity contribution in [1.82, 2.24) is 0 Å². The highest BCUT2D eigenvalue weighted by Crippen LogP contribution is 2.36. The summed E-state index contributed by atoms with van der Waals surface area (Å²) in [4.78, 5) is 14.1. The molecule has 1 aliphatic rings. The van der Waals surface area contributed by atoms with E-state index in [-0.39, 0.29) is 24.4 Å². The highest BCUT2D eigenvalue weighted by atomic mass is 19.1. The second kappa shape index (κ2) is 6.61. The second-order valence-corrected chi connectivity index (χ2v) is 6.04. The minimum absolute atomic E-state index is 0.0170. The fraction of sp³-hybridized carbons (Fsp3) is 0.316. The number of halogens is 1. The van der Waals surface area contributed by atoms with Crippen molar-refractivity contribution in [2.45, 2.75) is 26.5 Å². The molecular formula is C19H20FNO3. The van der Waals surface area contributed by atoms with Crippen molar-refractivity contribution < 1.29 is 18.7 Å². The number of carbonyl (C=O) groups is 1. The van der Waals surface area contributed by atoms with Crippen LogP contribution in [0, 0.1) is 5.82 Å². The molecule has 2 aromatic carbocycles. The van der Waals surface area contributed by atoms with E-state index in [0.29, 0.717) is 12.4 Å². The number of hydrogen-bond acceptors (Lipinski definition) is 3. The van der Waals surface area contributed by atoms with Crippen LogP contribution in [0.3, 0.4) is 0 Å². The third kappa shape index (κ3) is 2.99. The van der Waals surface area contributed by atoms with Gasteiger partial charge in [-0.3, -0.25) is 4.79 Å². The number of carbonyl (C=O) groups excluding carboxylic acids is 1. The zero-order valence-electron chi connectivity index (χ0n) is 14.0. The maximum atomic E-state index is 13.4. The molecule has 0 saturated heterocycles. The minimum atomic E-state index is -0.349. The summed E-state index contributed by atoms with van der Waals surface area (Å²) in [5.41, 5.74) is 3.43. The van der Waals surface area contributed by atoms with E-state index < -0.39 is 0 Å². The topological polar surface area (TPSA) is 38.8 Å². The molecule has 1 amide bonds. The fourth-order valence-corrected chi connectivity index (χ4v) is 3.00. The quantitative estimate of drug-likeness (QED) is 0.860. The lowest BCUT2D eigenvalue weighted by molar-refractivity contribution is -0.123. The Hall–Kier alpha value is -2.40. The number of anilines is 1. The third-order valence-electron chi connectivity index (χ3n) is 4.09. The smallest absolute Gasteiger partial charge is 0.253 e. The van der Waals surface area contributed by atoms with Crippen LogP contribution in [0.1, 0.15) is 19.4 Å². The maximum Gasteiger partial charge on any atom is 0.253 e. The molecule has 2 aromatic rings. The molecule has 0 bridgehead atoms. The van der Waals surface area contributed by atoms with Crippen molar-refractivity contribution in [2.24, 2.45) is 0 Å². The summed E-state index contributed by atoms with van der Waals surface area (Å²) in [6.45, 7) is 4.41. The first-order valence-electron chi connectivity index (χ1n) is 7.88. The number of benzene rings is 2. The summed E-state index contributed by atoms with van der Waals surface area (Å²) < 4.78 is 24.2. The van der Waals surface area contributed by atoms with E-state index in [4.69, 9.17) is 9.47 Å². The van der Waals surface area contributed by atoms with Crippen LogP contribution in [-0.4, -0.2) is 25.7 Å².